The van der Waals surface area contributed by atoms with Gasteiger partial charge in [0.2, 0.25) is 21.8 Å². The Morgan fingerprint density at radius 3 is 2.46 bits per heavy atom. The Morgan fingerprint density at radius 2 is 1.82 bits per heavy atom. The summed E-state index contributed by atoms with van der Waals surface area (Å²) in [5, 5.41) is 11.4. The molecule has 8 nitrogen and oxygen atoms in total. The van der Waals surface area contributed by atoms with E-state index in [2.05, 4.69) is 15.5 Å². The molecular weight excluding hydrogens is 380 g/mol. The highest BCUT2D eigenvalue weighted by Crippen LogP contribution is 2.30. The molecule has 0 aliphatic rings. The molecule has 1 N–H and O–H groups in total. The monoisotopic (exact) mass is 402 g/mol. The molecule has 0 saturated heterocycles. The minimum absolute atomic E-state index is 0.0766. The number of aromatic nitrogens is 2. The Kier molecular flexibility index (Phi) is 5.66. The van der Waals surface area contributed by atoms with Crippen molar-refractivity contribution in [1.82, 2.24) is 14.5 Å². The Morgan fingerprint density at radius 1 is 1.11 bits per heavy atom. The summed E-state index contributed by atoms with van der Waals surface area (Å²) >= 11 is 0. The van der Waals surface area contributed by atoms with Crippen LogP contribution in [0.4, 0.5) is 5.69 Å². The molecule has 0 aliphatic carbocycles. The second-order valence-electron chi connectivity index (χ2n) is 6.33. The molecule has 28 heavy (non-hydrogen) atoms. The van der Waals surface area contributed by atoms with Crippen LogP contribution in [0.15, 0.2) is 57.8 Å². The molecule has 0 bridgehead atoms. The van der Waals surface area contributed by atoms with E-state index in [4.69, 9.17) is 9.15 Å². The largest absolute Gasteiger partial charge is 0.495 e. The van der Waals surface area contributed by atoms with E-state index < -0.39 is 10.0 Å². The SMILES string of the molecule is COc1ccc(N[C@H](C)c2nnc(-c3ccccc3)o2)cc1S(=O)(=O)N(C)C. The van der Waals surface area contributed by atoms with Gasteiger partial charge in [-0.3, -0.25) is 0 Å². The fourth-order valence-corrected chi connectivity index (χ4v) is 3.66. The summed E-state index contributed by atoms with van der Waals surface area (Å²) in [5.41, 5.74) is 1.42. The van der Waals surface area contributed by atoms with Crippen molar-refractivity contribution in [2.45, 2.75) is 17.9 Å². The predicted octanol–water partition coefficient (Wildman–Crippen LogP) is 3.17. The number of benzene rings is 2. The minimum Gasteiger partial charge on any atom is -0.495 e. The van der Waals surface area contributed by atoms with Gasteiger partial charge in [-0.05, 0) is 37.3 Å². The lowest BCUT2D eigenvalue weighted by Crippen LogP contribution is -2.23. The molecule has 0 aliphatic heterocycles. The van der Waals surface area contributed by atoms with Crippen LogP contribution in [0, 0.1) is 0 Å². The molecule has 0 fully saturated rings. The maximum atomic E-state index is 12.6. The van der Waals surface area contributed by atoms with Gasteiger partial charge in [-0.25, -0.2) is 12.7 Å². The maximum absolute atomic E-state index is 12.6. The highest BCUT2D eigenvalue weighted by molar-refractivity contribution is 7.89. The predicted molar refractivity (Wildman–Crippen MR) is 106 cm³/mol. The van der Waals surface area contributed by atoms with Gasteiger partial charge in [0.1, 0.15) is 16.7 Å². The first kappa shape index (κ1) is 19.8. The standard InChI is InChI=1S/C19H22N4O4S/c1-13(18-21-22-19(27-18)14-8-6-5-7-9-14)20-15-10-11-16(26-4)17(12-15)28(24,25)23(2)3/h5-13,20H,1-4H3/t13-/m1/s1. The lowest BCUT2D eigenvalue weighted by molar-refractivity contribution is 0.400. The van der Waals surface area contributed by atoms with Gasteiger partial charge in [-0.1, -0.05) is 18.2 Å². The van der Waals surface area contributed by atoms with E-state index in [1.807, 2.05) is 37.3 Å². The second-order valence-corrected chi connectivity index (χ2v) is 8.45. The van der Waals surface area contributed by atoms with Gasteiger partial charge in [0.05, 0.1) is 7.11 Å². The number of rotatable bonds is 7. The fourth-order valence-electron chi connectivity index (χ4n) is 2.58. The third kappa shape index (κ3) is 4.00. The fraction of sp³-hybridized carbons (Fsp3) is 0.263. The molecule has 148 valence electrons. The van der Waals surface area contributed by atoms with E-state index in [9.17, 15) is 8.42 Å². The third-order valence-corrected chi connectivity index (χ3v) is 5.97. The molecule has 0 radical (unpaired) electrons. The first-order valence-electron chi connectivity index (χ1n) is 8.59. The van der Waals surface area contributed by atoms with Crippen molar-refractivity contribution < 1.29 is 17.6 Å². The van der Waals surface area contributed by atoms with Gasteiger partial charge in [0.15, 0.2) is 0 Å². The van der Waals surface area contributed by atoms with E-state index in [0.29, 0.717) is 17.5 Å². The highest BCUT2D eigenvalue weighted by atomic mass is 32.2. The Labute approximate surface area is 164 Å². The van der Waals surface area contributed by atoms with Crippen molar-refractivity contribution in [3.63, 3.8) is 0 Å². The molecule has 1 atom stereocenters. The Bertz CT molecular complexity index is 1050. The van der Waals surface area contributed by atoms with Crippen LogP contribution >= 0.6 is 0 Å². The highest BCUT2D eigenvalue weighted by Gasteiger charge is 2.23. The summed E-state index contributed by atoms with van der Waals surface area (Å²) in [5.74, 6) is 1.10. The molecular formula is C19H22N4O4S. The van der Waals surface area contributed by atoms with Gasteiger partial charge in [-0.2, -0.15) is 0 Å². The van der Waals surface area contributed by atoms with Crippen LogP contribution in [0.2, 0.25) is 0 Å². The zero-order chi connectivity index (χ0) is 20.3. The van der Waals surface area contributed by atoms with E-state index in [0.717, 1.165) is 9.87 Å². The third-order valence-electron chi connectivity index (χ3n) is 4.14. The summed E-state index contributed by atoms with van der Waals surface area (Å²) in [6, 6.07) is 14.0. The lowest BCUT2D eigenvalue weighted by Gasteiger charge is -2.17. The van der Waals surface area contributed by atoms with Gasteiger partial charge in [0, 0.05) is 25.3 Å². The van der Waals surface area contributed by atoms with Gasteiger partial charge < -0.3 is 14.5 Å². The summed E-state index contributed by atoms with van der Waals surface area (Å²) in [4.78, 5) is 0.0766. The van der Waals surface area contributed by atoms with Crippen molar-refractivity contribution in [3.05, 3.63) is 54.4 Å². The van der Waals surface area contributed by atoms with Crippen molar-refractivity contribution in [2.24, 2.45) is 0 Å². The normalized spacial score (nSPS) is 12.8. The van der Waals surface area contributed by atoms with Crippen LogP contribution in [-0.2, 0) is 10.0 Å². The number of nitrogens with zero attached hydrogens (tertiary/aromatic N) is 3. The van der Waals surface area contributed by atoms with Crippen molar-refractivity contribution in [2.75, 3.05) is 26.5 Å². The Balaban J connectivity index is 1.85. The van der Waals surface area contributed by atoms with Crippen molar-refractivity contribution >= 4 is 15.7 Å². The van der Waals surface area contributed by atoms with Gasteiger partial charge >= 0.3 is 0 Å². The molecule has 3 aromatic rings. The first-order chi connectivity index (χ1) is 13.3. The molecule has 1 aromatic heterocycles. The molecule has 1 heterocycles. The number of hydrogen-bond acceptors (Lipinski definition) is 7. The van der Waals surface area contributed by atoms with E-state index in [1.54, 1.807) is 12.1 Å². The quantitative estimate of drug-likeness (QED) is 0.648. The van der Waals surface area contributed by atoms with E-state index in [-0.39, 0.29) is 16.7 Å². The Hall–Kier alpha value is -2.91. The number of sulfonamides is 1. The number of hydrogen-bond donors (Lipinski definition) is 1. The average molecular weight is 402 g/mol. The number of methoxy groups -OCH3 is 1. The zero-order valence-electron chi connectivity index (χ0n) is 16.1. The van der Waals surface area contributed by atoms with Crippen LogP contribution in [0.1, 0.15) is 18.9 Å². The molecule has 0 unspecified atom stereocenters. The van der Waals surface area contributed by atoms with Gasteiger partial charge in [0.25, 0.3) is 0 Å². The van der Waals surface area contributed by atoms with Crippen LogP contribution in [-0.4, -0.2) is 44.1 Å². The van der Waals surface area contributed by atoms with Crippen LogP contribution < -0.4 is 10.1 Å². The van der Waals surface area contributed by atoms with Gasteiger partial charge in [-0.15, -0.1) is 10.2 Å². The zero-order valence-corrected chi connectivity index (χ0v) is 16.9. The van der Waals surface area contributed by atoms with Crippen molar-refractivity contribution in [1.29, 1.82) is 0 Å². The minimum atomic E-state index is -3.66. The summed E-state index contributed by atoms with van der Waals surface area (Å²) in [6.07, 6.45) is 0. The lowest BCUT2D eigenvalue weighted by atomic mass is 10.2. The van der Waals surface area contributed by atoms with Crippen LogP contribution in [0.5, 0.6) is 5.75 Å². The molecule has 0 spiro atoms. The molecule has 2 aromatic carbocycles. The summed E-state index contributed by atoms with van der Waals surface area (Å²) < 4.78 is 37.2. The number of ether oxygens (including phenoxy) is 1. The van der Waals surface area contributed by atoms with Crippen LogP contribution in [0.3, 0.4) is 0 Å². The molecule has 0 saturated carbocycles. The topological polar surface area (TPSA) is 97.6 Å². The second kappa shape index (κ2) is 7.99. The van der Waals surface area contributed by atoms with E-state index >= 15 is 0 Å². The number of nitrogens with one attached hydrogen (secondary N) is 1. The first-order valence-corrected chi connectivity index (χ1v) is 10.0. The maximum Gasteiger partial charge on any atom is 0.247 e. The number of anilines is 1. The van der Waals surface area contributed by atoms with Crippen molar-refractivity contribution in [3.8, 4) is 17.2 Å². The molecule has 0 amide bonds. The summed E-state index contributed by atoms with van der Waals surface area (Å²) in [7, 11) is 0.723. The summed E-state index contributed by atoms with van der Waals surface area (Å²) in [6.45, 7) is 1.85. The average Bonchev–Trinajstić information content (AvgIpc) is 3.19. The van der Waals surface area contributed by atoms with Crippen LogP contribution in [0.25, 0.3) is 11.5 Å². The molecule has 9 heteroatoms. The smallest absolute Gasteiger partial charge is 0.247 e. The van der Waals surface area contributed by atoms with E-state index in [1.165, 1.54) is 27.3 Å². The molecule has 3 rings (SSSR count).